The van der Waals surface area contributed by atoms with E-state index in [1.165, 1.54) is 23.3 Å². The maximum absolute atomic E-state index is 12.9. The number of thiophene rings is 1. The molecule has 2 amide bonds. The van der Waals surface area contributed by atoms with Crippen LogP contribution in [-0.2, 0) is 12.8 Å². The average molecular weight is 388 g/mol. The van der Waals surface area contributed by atoms with E-state index >= 15 is 0 Å². The lowest BCUT2D eigenvalue weighted by Gasteiger charge is -2.18. The standard InChI is InChI=1S/C20H24N2O4S/c1-11-5-7-14-16(9-11)27-20(17(14)19(24)21-2)22-18(23)13-8-6-12(25-3)10-15(13)26-4/h6,8,10-11H,5,7,9H2,1-4H3,(H,21,24)(H,22,23)/t11-/m1/s1. The molecule has 1 aliphatic carbocycles. The summed E-state index contributed by atoms with van der Waals surface area (Å²) in [7, 11) is 4.67. The maximum Gasteiger partial charge on any atom is 0.260 e. The minimum atomic E-state index is -0.314. The summed E-state index contributed by atoms with van der Waals surface area (Å²) in [6, 6.07) is 5.02. The molecule has 1 aromatic heterocycles. The van der Waals surface area contributed by atoms with Gasteiger partial charge in [-0.05, 0) is 42.9 Å². The number of carbonyl (C=O) groups is 2. The van der Waals surface area contributed by atoms with Crippen molar-refractivity contribution in [1.29, 1.82) is 0 Å². The molecule has 27 heavy (non-hydrogen) atoms. The summed E-state index contributed by atoms with van der Waals surface area (Å²) < 4.78 is 10.5. The third kappa shape index (κ3) is 3.78. The van der Waals surface area contributed by atoms with Crippen molar-refractivity contribution >= 4 is 28.2 Å². The molecule has 3 rings (SSSR count). The fourth-order valence-electron chi connectivity index (χ4n) is 3.36. The van der Waals surface area contributed by atoms with Crippen LogP contribution >= 0.6 is 11.3 Å². The van der Waals surface area contributed by atoms with Crippen LogP contribution in [0.4, 0.5) is 5.00 Å². The van der Waals surface area contributed by atoms with E-state index in [4.69, 9.17) is 9.47 Å². The van der Waals surface area contributed by atoms with Gasteiger partial charge < -0.3 is 20.1 Å². The Bertz CT molecular complexity index is 875. The van der Waals surface area contributed by atoms with Gasteiger partial charge in [0.15, 0.2) is 0 Å². The van der Waals surface area contributed by atoms with E-state index in [-0.39, 0.29) is 11.8 Å². The predicted molar refractivity (Wildman–Crippen MR) is 106 cm³/mol. The molecule has 0 fully saturated rings. The Balaban J connectivity index is 1.96. The predicted octanol–water partition coefficient (Wildman–Crippen LogP) is 3.50. The highest BCUT2D eigenvalue weighted by molar-refractivity contribution is 7.17. The summed E-state index contributed by atoms with van der Waals surface area (Å²) in [5, 5.41) is 6.21. The van der Waals surface area contributed by atoms with Crippen molar-refractivity contribution in [3.05, 3.63) is 39.8 Å². The first-order chi connectivity index (χ1) is 13.0. The first kappa shape index (κ1) is 19.2. The van der Waals surface area contributed by atoms with Gasteiger partial charge in [-0.25, -0.2) is 0 Å². The molecule has 1 atom stereocenters. The third-order valence-corrected chi connectivity index (χ3v) is 6.02. The Morgan fingerprint density at radius 1 is 1.19 bits per heavy atom. The van der Waals surface area contributed by atoms with E-state index in [0.717, 1.165) is 24.8 Å². The van der Waals surface area contributed by atoms with Crippen molar-refractivity contribution < 1.29 is 19.1 Å². The van der Waals surface area contributed by atoms with E-state index in [1.807, 2.05) is 0 Å². The molecule has 6 nitrogen and oxygen atoms in total. The molecule has 0 saturated carbocycles. The van der Waals surface area contributed by atoms with Crippen molar-refractivity contribution in [3.8, 4) is 11.5 Å². The number of hydrogen-bond acceptors (Lipinski definition) is 5. The van der Waals surface area contributed by atoms with Gasteiger partial charge in [0.25, 0.3) is 11.8 Å². The number of hydrogen-bond donors (Lipinski definition) is 2. The number of amides is 2. The molecule has 0 aliphatic heterocycles. The van der Waals surface area contributed by atoms with Gasteiger partial charge in [0.2, 0.25) is 0 Å². The Labute approximate surface area is 162 Å². The molecule has 2 aromatic rings. The SMILES string of the molecule is CNC(=O)c1c(NC(=O)c2ccc(OC)cc2OC)sc2c1CC[C@@H](C)C2. The molecule has 1 heterocycles. The van der Waals surface area contributed by atoms with E-state index in [9.17, 15) is 9.59 Å². The summed E-state index contributed by atoms with van der Waals surface area (Å²) >= 11 is 1.50. The monoisotopic (exact) mass is 388 g/mol. The molecular formula is C20H24N2O4S. The third-order valence-electron chi connectivity index (χ3n) is 4.85. The van der Waals surface area contributed by atoms with Gasteiger partial charge in [-0.15, -0.1) is 11.3 Å². The van der Waals surface area contributed by atoms with Crippen LogP contribution in [0.1, 0.15) is 44.5 Å². The number of methoxy groups -OCH3 is 2. The van der Waals surface area contributed by atoms with E-state index in [1.54, 1.807) is 32.4 Å². The second-order valence-corrected chi connectivity index (χ2v) is 7.76. The molecular weight excluding hydrogens is 364 g/mol. The van der Waals surface area contributed by atoms with Gasteiger partial charge in [-0.1, -0.05) is 6.92 Å². The molecule has 144 valence electrons. The van der Waals surface area contributed by atoms with Crippen molar-refractivity contribution in [2.45, 2.75) is 26.2 Å². The van der Waals surface area contributed by atoms with Crippen LogP contribution in [-0.4, -0.2) is 33.1 Å². The number of benzene rings is 1. The summed E-state index contributed by atoms with van der Waals surface area (Å²) in [6.45, 7) is 2.21. The van der Waals surface area contributed by atoms with Crippen LogP contribution < -0.4 is 20.1 Å². The van der Waals surface area contributed by atoms with Crippen LogP contribution in [0.25, 0.3) is 0 Å². The molecule has 7 heteroatoms. The Morgan fingerprint density at radius 3 is 2.63 bits per heavy atom. The lowest BCUT2D eigenvalue weighted by molar-refractivity contribution is 0.0963. The Hall–Kier alpha value is -2.54. The van der Waals surface area contributed by atoms with Gasteiger partial charge in [0.05, 0.1) is 25.3 Å². The second kappa shape index (κ2) is 8.00. The maximum atomic E-state index is 12.9. The molecule has 1 aliphatic rings. The van der Waals surface area contributed by atoms with Crippen LogP contribution in [0, 0.1) is 5.92 Å². The van der Waals surface area contributed by atoms with E-state index < -0.39 is 0 Å². The van der Waals surface area contributed by atoms with Gasteiger partial charge in [-0.2, -0.15) is 0 Å². The van der Waals surface area contributed by atoms with Crippen LogP contribution in [0.15, 0.2) is 18.2 Å². The fraction of sp³-hybridized carbons (Fsp3) is 0.400. The van der Waals surface area contributed by atoms with Gasteiger partial charge in [0.1, 0.15) is 16.5 Å². The molecule has 0 spiro atoms. The normalized spacial score (nSPS) is 15.6. The smallest absolute Gasteiger partial charge is 0.260 e. The molecule has 0 unspecified atom stereocenters. The highest BCUT2D eigenvalue weighted by Gasteiger charge is 2.28. The lowest BCUT2D eigenvalue weighted by atomic mass is 9.88. The molecule has 2 N–H and O–H groups in total. The number of ether oxygens (including phenoxy) is 2. The highest BCUT2D eigenvalue weighted by Crippen LogP contribution is 2.40. The summed E-state index contributed by atoms with van der Waals surface area (Å²) in [5.74, 6) is 1.13. The van der Waals surface area contributed by atoms with Crippen molar-refractivity contribution in [2.24, 2.45) is 5.92 Å². The molecule has 0 saturated heterocycles. The lowest BCUT2D eigenvalue weighted by Crippen LogP contribution is -2.22. The van der Waals surface area contributed by atoms with Crippen LogP contribution in [0.3, 0.4) is 0 Å². The second-order valence-electron chi connectivity index (χ2n) is 6.66. The zero-order chi connectivity index (χ0) is 19.6. The van der Waals surface area contributed by atoms with Crippen LogP contribution in [0.5, 0.6) is 11.5 Å². The topological polar surface area (TPSA) is 76.7 Å². The largest absolute Gasteiger partial charge is 0.497 e. The van der Waals surface area contributed by atoms with Gasteiger partial charge in [0, 0.05) is 18.0 Å². The zero-order valence-electron chi connectivity index (χ0n) is 16.0. The summed E-state index contributed by atoms with van der Waals surface area (Å²) in [6.07, 6.45) is 2.84. The number of fused-ring (bicyclic) bond motifs is 1. The van der Waals surface area contributed by atoms with Crippen LogP contribution in [0.2, 0.25) is 0 Å². The molecule has 1 aromatic carbocycles. The molecule has 0 bridgehead atoms. The van der Waals surface area contributed by atoms with Gasteiger partial charge in [-0.3, -0.25) is 9.59 Å². The van der Waals surface area contributed by atoms with Crippen molar-refractivity contribution in [3.63, 3.8) is 0 Å². The van der Waals surface area contributed by atoms with Crippen molar-refractivity contribution in [1.82, 2.24) is 5.32 Å². The van der Waals surface area contributed by atoms with Gasteiger partial charge >= 0.3 is 0 Å². The highest BCUT2D eigenvalue weighted by atomic mass is 32.1. The fourth-order valence-corrected chi connectivity index (χ4v) is 4.76. The minimum absolute atomic E-state index is 0.168. The minimum Gasteiger partial charge on any atom is -0.497 e. The van der Waals surface area contributed by atoms with E-state index in [0.29, 0.717) is 33.5 Å². The number of nitrogens with one attached hydrogen (secondary N) is 2. The first-order valence-corrected chi connectivity index (χ1v) is 9.70. The molecule has 0 radical (unpaired) electrons. The zero-order valence-corrected chi connectivity index (χ0v) is 16.8. The number of rotatable bonds is 5. The van der Waals surface area contributed by atoms with E-state index in [2.05, 4.69) is 17.6 Å². The summed E-state index contributed by atoms with van der Waals surface area (Å²) in [4.78, 5) is 26.5. The Kier molecular flexibility index (Phi) is 5.70. The quantitative estimate of drug-likeness (QED) is 0.822. The average Bonchev–Trinajstić information content (AvgIpc) is 3.03. The first-order valence-electron chi connectivity index (χ1n) is 8.88. The summed E-state index contributed by atoms with van der Waals surface area (Å²) in [5.41, 5.74) is 2.04. The number of anilines is 1. The Morgan fingerprint density at radius 2 is 1.96 bits per heavy atom. The number of carbonyl (C=O) groups excluding carboxylic acids is 2. The van der Waals surface area contributed by atoms with Crippen molar-refractivity contribution in [2.75, 3.05) is 26.6 Å².